The van der Waals surface area contributed by atoms with E-state index in [-0.39, 0.29) is 12.1 Å². The predicted molar refractivity (Wildman–Crippen MR) is 89.9 cm³/mol. The van der Waals surface area contributed by atoms with Crippen LogP contribution in [0.15, 0.2) is 66.7 Å². The molecule has 2 aromatic carbocycles. The molecule has 1 saturated heterocycles. The van der Waals surface area contributed by atoms with Gasteiger partial charge in [-0.05, 0) is 11.1 Å². The normalized spacial score (nSPS) is 20.7. The van der Waals surface area contributed by atoms with E-state index in [1.54, 1.807) is 30.3 Å². The summed E-state index contributed by atoms with van der Waals surface area (Å²) in [5, 5.41) is 1.85. The number of amides is 3. The lowest BCUT2D eigenvalue weighted by Gasteiger charge is -2.29. The highest BCUT2D eigenvalue weighted by atomic mass is 19.4. The molecule has 1 atom stereocenters. The lowest BCUT2D eigenvalue weighted by molar-refractivity contribution is -0.198. The summed E-state index contributed by atoms with van der Waals surface area (Å²) in [6, 6.07) is 14.6. The van der Waals surface area contributed by atoms with Crippen LogP contribution >= 0.6 is 0 Å². The van der Waals surface area contributed by atoms with Gasteiger partial charge in [-0.3, -0.25) is 9.69 Å². The van der Waals surface area contributed by atoms with Crippen molar-refractivity contribution in [1.29, 1.82) is 0 Å². The SMILES string of the molecule is O=C1N[C@@](c2ccccc2)(C(F)(F)F)C(=O)N1CC=Cc1ccccc1. The average Bonchev–Trinajstić information content (AvgIpc) is 2.89. The van der Waals surface area contributed by atoms with Crippen LogP contribution < -0.4 is 5.32 Å². The molecule has 0 aromatic heterocycles. The van der Waals surface area contributed by atoms with Crippen LogP contribution in [-0.4, -0.2) is 29.6 Å². The summed E-state index contributed by atoms with van der Waals surface area (Å²) in [5.74, 6) is -1.33. The van der Waals surface area contributed by atoms with Gasteiger partial charge in [0.2, 0.25) is 5.54 Å². The molecule has 0 unspecified atom stereocenters. The fourth-order valence-corrected chi connectivity index (χ4v) is 2.84. The average molecular weight is 360 g/mol. The minimum atomic E-state index is -4.97. The van der Waals surface area contributed by atoms with Gasteiger partial charge in [0.05, 0.1) is 0 Å². The molecule has 26 heavy (non-hydrogen) atoms. The lowest BCUT2D eigenvalue weighted by atomic mass is 9.89. The van der Waals surface area contributed by atoms with Crippen molar-refractivity contribution >= 4 is 18.0 Å². The Hall–Kier alpha value is -3.09. The summed E-state index contributed by atoms with van der Waals surface area (Å²) in [7, 11) is 0. The fraction of sp³-hybridized carbons (Fsp3) is 0.158. The molecule has 1 heterocycles. The van der Waals surface area contributed by atoms with Gasteiger partial charge in [-0.1, -0.05) is 72.8 Å². The van der Waals surface area contributed by atoms with E-state index >= 15 is 0 Å². The zero-order valence-electron chi connectivity index (χ0n) is 13.5. The number of halogens is 3. The van der Waals surface area contributed by atoms with Crippen molar-refractivity contribution in [1.82, 2.24) is 10.2 Å². The number of carbonyl (C=O) groups is 2. The third-order valence-electron chi connectivity index (χ3n) is 4.14. The Balaban J connectivity index is 1.90. The molecule has 3 amide bonds. The number of imide groups is 1. The van der Waals surface area contributed by atoms with Crippen molar-refractivity contribution in [3.8, 4) is 0 Å². The highest BCUT2D eigenvalue weighted by molar-refractivity contribution is 6.08. The third kappa shape index (κ3) is 2.96. The summed E-state index contributed by atoms with van der Waals surface area (Å²) >= 11 is 0. The molecule has 1 fully saturated rings. The smallest absolute Gasteiger partial charge is 0.312 e. The van der Waals surface area contributed by atoms with E-state index < -0.39 is 23.7 Å². The van der Waals surface area contributed by atoms with Crippen LogP contribution in [0.3, 0.4) is 0 Å². The maximum absolute atomic E-state index is 13.8. The molecular formula is C19H15F3N2O2. The second-order valence-electron chi connectivity index (χ2n) is 5.77. The molecule has 2 aromatic rings. The summed E-state index contributed by atoms with van der Waals surface area (Å²) in [6.45, 7) is -0.260. The van der Waals surface area contributed by atoms with E-state index in [2.05, 4.69) is 0 Å². The van der Waals surface area contributed by atoms with Gasteiger partial charge in [-0.15, -0.1) is 0 Å². The van der Waals surface area contributed by atoms with Crippen molar-refractivity contribution in [3.05, 3.63) is 77.9 Å². The second kappa shape index (κ2) is 6.67. The summed E-state index contributed by atoms with van der Waals surface area (Å²) in [4.78, 5) is 25.3. The van der Waals surface area contributed by atoms with Crippen LogP contribution in [0, 0.1) is 0 Å². The largest absolute Gasteiger partial charge is 0.425 e. The van der Waals surface area contributed by atoms with Crippen LogP contribution in [0.2, 0.25) is 0 Å². The van der Waals surface area contributed by atoms with Gasteiger partial charge < -0.3 is 5.32 Å². The van der Waals surface area contributed by atoms with Gasteiger partial charge in [-0.25, -0.2) is 4.79 Å². The zero-order chi connectivity index (χ0) is 18.8. The number of rotatable bonds is 4. The number of carbonyl (C=O) groups excluding carboxylic acids is 2. The quantitative estimate of drug-likeness (QED) is 0.845. The molecule has 0 aliphatic carbocycles. The maximum Gasteiger partial charge on any atom is 0.425 e. The molecule has 0 radical (unpaired) electrons. The van der Waals surface area contributed by atoms with Crippen molar-refractivity contribution in [2.24, 2.45) is 0 Å². The lowest BCUT2D eigenvalue weighted by Crippen LogP contribution is -2.55. The Morgan fingerprint density at radius 3 is 2.12 bits per heavy atom. The number of benzene rings is 2. The Bertz CT molecular complexity index is 835. The number of hydrogen-bond donors (Lipinski definition) is 1. The van der Waals surface area contributed by atoms with Crippen molar-refractivity contribution in [2.75, 3.05) is 6.54 Å². The number of nitrogens with one attached hydrogen (secondary N) is 1. The standard InChI is InChI=1S/C19H15F3N2O2/c20-19(21,22)18(15-11-5-2-6-12-15)16(25)24(17(26)23-18)13-7-10-14-8-3-1-4-9-14/h1-12H,13H2,(H,23,26)/t18-/m1/s1. The molecule has 3 rings (SSSR count). The third-order valence-corrected chi connectivity index (χ3v) is 4.14. The summed E-state index contributed by atoms with van der Waals surface area (Å²) in [6.07, 6.45) is -1.86. The Morgan fingerprint density at radius 2 is 1.54 bits per heavy atom. The van der Waals surface area contributed by atoms with Crippen LogP contribution in [0.4, 0.5) is 18.0 Å². The summed E-state index contributed by atoms with van der Waals surface area (Å²) in [5.41, 5.74) is -2.57. The molecule has 4 nitrogen and oxygen atoms in total. The van der Waals surface area contributed by atoms with Gasteiger partial charge in [-0.2, -0.15) is 13.2 Å². The maximum atomic E-state index is 13.8. The van der Waals surface area contributed by atoms with E-state index in [4.69, 9.17) is 0 Å². The van der Waals surface area contributed by atoms with E-state index in [1.165, 1.54) is 36.4 Å². The minimum absolute atomic E-state index is 0.260. The van der Waals surface area contributed by atoms with Crippen molar-refractivity contribution in [2.45, 2.75) is 11.7 Å². The molecule has 0 bridgehead atoms. The molecule has 134 valence electrons. The summed E-state index contributed by atoms with van der Waals surface area (Å²) < 4.78 is 41.4. The number of urea groups is 1. The van der Waals surface area contributed by atoms with Crippen LogP contribution in [0.1, 0.15) is 11.1 Å². The van der Waals surface area contributed by atoms with E-state index in [9.17, 15) is 22.8 Å². The highest BCUT2D eigenvalue weighted by Gasteiger charge is 2.68. The van der Waals surface area contributed by atoms with Crippen molar-refractivity contribution in [3.63, 3.8) is 0 Å². The first kappa shape index (κ1) is 17.7. The van der Waals surface area contributed by atoms with Crippen LogP contribution in [0.25, 0.3) is 6.08 Å². The molecule has 1 aliphatic rings. The first-order chi connectivity index (χ1) is 12.4. The molecule has 0 spiro atoms. The van der Waals surface area contributed by atoms with Gasteiger partial charge >= 0.3 is 12.2 Å². The van der Waals surface area contributed by atoms with Crippen LogP contribution in [-0.2, 0) is 10.3 Å². The predicted octanol–water partition coefficient (Wildman–Crippen LogP) is 3.71. The number of hydrogen-bond acceptors (Lipinski definition) is 2. The number of alkyl halides is 3. The Kier molecular flexibility index (Phi) is 4.54. The Morgan fingerprint density at radius 1 is 0.962 bits per heavy atom. The zero-order valence-corrected chi connectivity index (χ0v) is 13.5. The molecule has 0 saturated carbocycles. The minimum Gasteiger partial charge on any atom is -0.312 e. The molecule has 7 heteroatoms. The van der Waals surface area contributed by atoms with Gasteiger partial charge in [0, 0.05) is 6.54 Å². The first-order valence-corrected chi connectivity index (χ1v) is 7.84. The van der Waals surface area contributed by atoms with E-state index in [1.807, 2.05) is 11.4 Å². The Labute approximate surface area is 147 Å². The fourth-order valence-electron chi connectivity index (χ4n) is 2.84. The molecular weight excluding hydrogens is 345 g/mol. The van der Waals surface area contributed by atoms with Crippen molar-refractivity contribution < 1.29 is 22.8 Å². The monoisotopic (exact) mass is 360 g/mol. The highest BCUT2D eigenvalue weighted by Crippen LogP contribution is 2.43. The first-order valence-electron chi connectivity index (χ1n) is 7.84. The number of nitrogens with zero attached hydrogens (tertiary/aromatic N) is 1. The van der Waals surface area contributed by atoms with Gasteiger partial charge in [0.25, 0.3) is 5.91 Å². The van der Waals surface area contributed by atoms with Gasteiger partial charge in [0.15, 0.2) is 0 Å². The molecule has 1 N–H and O–H groups in total. The van der Waals surface area contributed by atoms with E-state index in [0.717, 1.165) is 5.56 Å². The topological polar surface area (TPSA) is 49.4 Å². The molecule has 1 aliphatic heterocycles. The second-order valence-corrected chi connectivity index (χ2v) is 5.77. The van der Waals surface area contributed by atoms with E-state index in [0.29, 0.717) is 4.90 Å². The van der Waals surface area contributed by atoms with Crippen LogP contribution in [0.5, 0.6) is 0 Å². The van der Waals surface area contributed by atoms with Gasteiger partial charge in [0.1, 0.15) is 0 Å².